The molecule has 0 bridgehead atoms. The van der Waals surface area contributed by atoms with Crippen LogP contribution in [-0.2, 0) is 5.41 Å². The molecule has 21 heavy (non-hydrogen) atoms. The van der Waals surface area contributed by atoms with Crippen LogP contribution in [0.25, 0.3) is 0 Å². The first kappa shape index (κ1) is 16.4. The van der Waals surface area contributed by atoms with Crippen LogP contribution in [0, 0.1) is 0 Å². The summed E-state index contributed by atoms with van der Waals surface area (Å²) in [7, 11) is 5.00. The summed E-state index contributed by atoms with van der Waals surface area (Å²) in [4.78, 5) is 0. The Morgan fingerprint density at radius 2 is 1.67 bits per heavy atom. The van der Waals surface area contributed by atoms with Gasteiger partial charge in [0.05, 0.1) is 25.8 Å². The number of nitrogens with two attached hydrogens (primary N) is 1. The Balaban J connectivity index is 2.71. The van der Waals surface area contributed by atoms with Gasteiger partial charge in [-0.3, -0.25) is 0 Å². The van der Waals surface area contributed by atoms with E-state index in [2.05, 4.69) is 15.9 Å². The zero-order chi connectivity index (χ0) is 15.5. The third kappa shape index (κ3) is 2.86. The molecule has 1 aliphatic rings. The van der Waals surface area contributed by atoms with Gasteiger partial charge in [-0.15, -0.1) is 0 Å². The Hall–Kier alpha value is -0.940. The zero-order valence-corrected chi connectivity index (χ0v) is 14.6. The predicted molar refractivity (Wildman–Crippen MR) is 87.6 cm³/mol. The second-order valence-electron chi connectivity index (χ2n) is 5.55. The van der Waals surface area contributed by atoms with Crippen molar-refractivity contribution < 1.29 is 14.2 Å². The van der Waals surface area contributed by atoms with Crippen molar-refractivity contribution in [2.24, 2.45) is 5.73 Å². The third-order valence-corrected chi connectivity index (χ3v) is 5.10. The fraction of sp³-hybridized carbons (Fsp3) is 0.625. The van der Waals surface area contributed by atoms with E-state index >= 15 is 0 Å². The molecule has 0 heterocycles. The lowest BCUT2D eigenvalue weighted by Crippen LogP contribution is -2.38. The molecule has 0 aromatic heterocycles. The lowest BCUT2D eigenvalue weighted by molar-refractivity contribution is 0.268. The normalized spacial score (nSPS) is 17.4. The van der Waals surface area contributed by atoms with Crippen molar-refractivity contribution in [1.82, 2.24) is 0 Å². The molecule has 0 atom stereocenters. The van der Waals surface area contributed by atoms with Crippen molar-refractivity contribution in [1.29, 1.82) is 0 Å². The van der Waals surface area contributed by atoms with Crippen LogP contribution in [0.5, 0.6) is 17.2 Å². The number of rotatable bonds is 5. The van der Waals surface area contributed by atoms with Gasteiger partial charge in [-0.1, -0.05) is 19.3 Å². The van der Waals surface area contributed by atoms with E-state index in [4.69, 9.17) is 19.9 Å². The predicted octanol–water partition coefficient (Wildman–Crippen LogP) is 3.64. The Labute approximate surface area is 135 Å². The minimum Gasteiger partial charge on any atom is -0.495 e. The molecule has 0 amide bonds. The topological polar surface area (TPSA) is 53.7 Å². The van der Waals surface area contributed by atoms with E-state index in [9.17, 15) is 0 Å². The van der Waals surface area contributed by atoms with Crippen LogP contribution in [0.2, 0.25) is 0 Å². The highest BCUT2D eigenvalue weighted by atomic mass is 79.9. The quantitative estimate of drug-likeness (QED) is 0.873. The van der Waals surface area contributed by atoms with Gasteiger partial charge in [0.15, 0.2) is 11.5 Å². The molecule has 2 N–H and O–H groups in total. The Morgan fingerprint density at radius 3 is 2.14 bits per heavy atom. The second-order valence-corrected chi connectivity index (χ2v) is 6.40. The maximum absolute atomic E-state index is 6.19. The molecule has 1 aliphatic carbocycles. The minimum absolute atomic E-state index is 0.105. The van der Waals surface area contributed by atoms with Crippen LogP contribution < -0.4 is 19.9 Å². The van der Waals surface area contributed by atoms with Crippen LogP contribution in [0.3, 0.4) is 0 Å². The first-order chi connectivity index (χ1) is 10.1. The average Bonchev–Trinajstić information content (AvgIpc) is 2.54. The molecule has 5 heteroatoms. The average molecular weight is 358 g/mol. The summed E-state index contributed by atoms with van der Waals surface area (Å²) >= 11 is 3.58. The van der Waals surface area contributed by atoms with Crippen LogP contribution in [-0.4, -0.2) is 27.9 Å². The van der Waals surface area contributed by atoms with E-state index in [0.717, 1.165) is 34.4 Å². The lowest BCUT2D eigenvalue weighted by Gasteiger charge is -2.39. The molecule has 1 fully saturated rings. The van der Waals surface area contributed by atoms with Gasteiger partial charge in [-0.05, 0) is 28.8 Å². The summed E-state index contributed by atoms with van der Waals surface area (Å²) in [5.74, 6) is 2.25. The number of halogens is 1. The lowest BCUT2D eigenvalue weighted by atomic mass is 9.68. The summed E-state index contributed by atoms with van der Waals surface area (Å²) in [5.41, 5.74) is 7.13. The summed E-state index contributed by atoms with van der Waals surface area (Å²) in [6.07, 6.45) is 5.72. The number of ether oxygens (including phenoxy) is 3. The van der Waals surface area contributed by atoms with Gasteiger partial charge in [0.2, 0.25) is 0 Å². The van der Waals surface area contributed by atoms with Crippen LogP contribution >= 0.6 is 15.9 Å². The molecule has 0 radical (unpaired) electrons. The summed E-state index contributed by atoms with van der Waals surface area (Å²) < 4.78 is 17.7. The van der Waals surface area contributed by atoms with Crippen molar-refractivity contribution in [3.05, 3.63) is 16.1 Å². The molecule has 0 saturated heterocycles. The van der Waals surface area contributed by atoms with Gasteiger partial charge >= 0.3 is 0 Å². The number of hydrogen-bond acceptors (Lipinski definition) is 4. The molecule has 4 nitrogen and oxygen atoms in total. The monoisotopic (exact) mass is 357 g/mol. The van der Waals surface area contributed by atoms with E-state index in [-0.39, 0.29) is 5.41 Å². The Kier molecular flexibility index (Phi) is 5.38. The van der Waals surface area contributed by atoms with Crippen molar-refractivity contribution in [3.63, 3.8) is 0 Å². The number of hydrogen-bond donors (Lipinski definition) is 1. The van der Waals surface area contributed by atoms with Gasteiger partial charge in [0.25, 0.3) is 0 Å². The molecule has 118 valence electrons. The molecular weight excluding hydrogens is 334 g/mol. The van der Waals surface area contributed by atoms with Crippen LogP contribution in [0.15, 0.2) is 10.5 Å². The van der Waals surface area contributed by atoms with Crippen molar-refractivity contribution in [2.75, 3.05) is 27.9 Å². The SMILES string of the molecule is COc1cc(Br)c(OC)c(C2(CN)CCCCC2)c1OC. The number of methoxy groups -OCH3 is 3. The molecule has 2 rings (SSSR count). The fourth-order valence-electron chi connectivity index (χ4n) is 3.41. The smallest absolute Gasteiger partial charge is 0.168 e. The molecular formula is C16H24BrNO3. The van der Waals surface area contributed by atoms with E-state index < -0.39 is 0 Å². The molecule has 1 aromatic rings. The van der Waals surface area contributed by atoms with E-state index in [1.807, 2.05) is 6.07 Å². The molecule has 0 unspecified atom stereocenters. The van der Waals surface area contributed by atoms with Gasteiger partial charge in [0.1, 0.15) is 5.75 Å². The van der Waals surface area contributed by atoms with E-state index in [1.54, 1.807) is 21.3 Å². The van der Waals surface area contributed by atoms with Crippen LogP contribution in [0.4, 0.5) is 0 Å². The summed E-state index contributed by atoms with van der Waals surface area (Å²) in [6, 6.07) is 1.88. The maximum atomic E-state index is 6.19. The van der Waals surface area contributed by atoms with Gasteiger partial charge < -0.3 is 19.9 Å². The van der Waals surface area contributed by atoms with Crippen molar-refractivity contribution >= 4 is 15.9 Å². The van der Waals surface area contributed by atoms with Gasteiger partial charge in [0, 0.05) is 23.6 Å². The van der Waals surface area contributed by atoms with Crippen molar-refractivity contribution in [3.8, 4) is 17.2 Å². The zero-order valence-electron chi connectivity index (χ0n) is 13.0. The minimum atomic E-state index is -0.105. The second kappa shape index (κ2) is 6.88. The molecule has 1 aromatic carbocycles. The largest absolute Gasteiger partial charge is 0.495 e. The van der Waals surface area contributed by atoms with E-state index in [0.29, 0.717) is 12.3 Å². The highest BCUT2D eigenvalue weighted by Crippen LogP contribution is 2.52. The Morgan fingerprint density at radius 1 is 1.05 bits per heavy atom. The molecule has 1 saturated carbocycles. The highest BCUT2D eigenvalue weighted by molar-refractivity contribution is 9.10. The van der Waals surface area contributed by atoms with Gasteiger partial charge in [-0.2, -0.15) is 0 Å². The summed E-state index contributed by atoms with van der Waals surface area (Å²) in [5, 5.41) is 0. The first-order valence-corrected chi connectivity index (χ1v) is 8.12. The third-order valence-electron chi connectivity index (χ3n) is 4.51. The maximum Gasteiger partial charge on any atom is 0.168 e. The molecule has 0 aliphatic heterocycles. The first-order valence-electron chi connectivity index (χ1n) is 7.32. The summed E-state index contributed by atoms with van der Waals surface area (Å²) in [6.45, 7) is 0.583. The van der Waals surface area contributed by atoms with Crippen LogP contribution in [0.1, 0.15) is 37.7 Å². The molecule has 0 spiro atoms. The standard InChI is InChI=1S/C16H24BrNO3/c1-19-12-9-11(17)14(20-2)13(15(12)21-3)16(10-18)7-5-4-6-8-16/h9H,4-8,10,18H2,1-3H3. The van der Waals surface area contributed by atoms with E-state index in [1.165, 1.54) is 19.3 Å². The van der Waals surface area contributed by atoms with Gasteiger partial charge in [-0.25, -0.2) is 0 Å². The number of benzene rings is 1. The van der Waals surface area contributed by atoms with Crippen molar-refractivity contribution in [2.45, 2.75) is 37.5 Å². The Bertz CT molecular complexity index is 499. The fourth-order valence-corrected chi connectivity index (χ4v) is 3.98. The highest BCUT2D eigenvalue weighted by Gasteiger charge is 2.39.